The van der Waals surface area contributed by atoms with Crippen molar-refractivity contribution < 1.29 is 9.53 Å². The van der Waals surface area contributed by atoms with Crippen LogP contribution in [0.1, 0.15) is 41.6 Å². The van der Waals surface area contributed by atoms with E-state index in [-0.39, 0.29) is 23.2 Å². The number of rotatable bonds is 6. The van der Waals surface area contributed by atoms with E-state index in [4.69, 9.17) is 16.2 Å². The van der Waals surface area contributed by atoms with Gasteiger partial charge in [-0.1, -0.05) is 12.8 Å². The molecule has 1 amide bonds. The van der Waals surface area contributed by atoms with Crippen LogP contribution in [-0.4, -0.2) is 49.3 Å². The molecule has 2 aromatic rings. The van der Waals surface area contributed by atoms with Crippen molar-refractivity contribution in [3.05, 3.63) is 41.5 Å². The summed E-state index contributed by atoms with van der Waals surface area (Å²) in [5, 5.41) is 16.1. The lowest BCUT2D eigenvalue weighted by atomic mass is 9.91. The molecule has 1 aliphatic heterocycles. The molecule has 9 heteroatoms. The van der Waals surface area contributed by atoms with Crippen molar-refractivity contribution >= 4 is 28.9 Å². The van der Waals surface area contributed by atoms with Gasteiger partial charge in [-0.05, 0) is 43.2 Å². The fourth-order valence-electron chi connectivity index (χ4n) is 4.22. The van der Waals surface area contributed by atoms with Crippen LogP contribution in [-0.2, 0) is 4.74 Å². The van der Waals surface area contributed by atoms with Crippen LogP contribution in [0.25, 0.3) is 0 Å². The number of hydrogen-bond donors (Lipinski definition) is 4. The predicted octanol–water partition coefficient (Wildman–Crippen LogP) is 2.31. The SMILES string of the molecule is N#Cc1cc(C(N)=O)c(Nc2ccc(N3CCOCC3)cc2)nc1N[C@@H]1CCCC[C@@H]1N. The number of amides is 1. The lowest BCUT2D eigenvalue weighted by Crippen LogP contribution is -2.43. The molecule has 9 nitrogen and oxygen atoms in total. The van der Waals surface area contributed by atoms with Crippen LogP contribution < -0.4 is 27.0 Å². The first-order chi connectivity index (χ1) is 15.5. The van der Waals surface area contributed by atoms with Gasteiger partial charge in [0.05, 0.1) is 24.3 Å². The summed E-state index contributed by atoms with van der Waals surface area (Å²) in [7, 11) is 0. The summed E-state index contributed by atoms with van der Waals surface area (Å²) < 4.78 is 5.41. The summed E-state index contributed by atoms with van der Waals surface area (Å²) in [6, 6.07) is 11.5. The van der Waals surface area contributed by atoms with Gasteiger partial charge in [-0.2, -0.15) is 5.26 Å². The molecule has 1 saturated heterocycles. The minimum Gasteiger partial charge on any atom is -0.378 e. The molecular formula is C23H29N7O2. The van der Waals surface area contributed by atoms with Crippen molar-refractivity contribution in [3.63, 3.8) is 0 Å². The van der Waals surface area contributed by atoms with Gasteiger partial charge < -0.3 is 31.7 Å². The predicted molar refractivity (Wildman–Crippen MR) is 124 cm³/mol. The molecule has 1 aliphatic carbocycles. The number of benzene rings is 1. The Kier molecular flexibility index (Phi) is 6.73. The molecule has 2 aliphatic rings. The molecule has 1 aromatic carbocycles. The Morgan fingerprint density at radius 3 is 2.53 bits per heavy atom. The molecule has 0 bridgehead atoms. The van der Waals surface area contributed by atoms with Gasteiger partial charge in [0.15, 0.2) is 0 Å². The maximum Gasteiger partial charge on any atom is 0.252 e. The van der Waals surface area contributed by atoms with E-state index in [1.165, 1.54) is 6.07 Å². The zero-order valence-corrected chi connectivity index (χ0v) is 18.0. The Labute approximate surface area is 187 Å². The quantitative estimate of drug-likeness (QED) is 0.541. The molecule has 2 fully saturated rings. The van der Waals surface area contributed by atoms with Crippen LogP contribution in [0.5, 0.6) is 0 Å². The van der Waals surface area contributed by atoms with Crippen LogP contribution >= 0.6 is 0 Å². The summed E-state index contributed by atoms with van der Waals surface area (Å²) in [5.74, 6) is 0.0668. The number of nitrogens with two attached hydrogens (primary N) is 2. The smallest absolute Gasteiger partial charge is 0.252 e. The molecule has 2 heterocycles. The molecule has 32 heavy (non-hydrogen) atoms. The zero-order valence-electron chi connectivity index (χ0n) is 18.0. The Hall–Kier alpha value is -3.35. The fraction of sp³-hybridized carbons (Fsp3) is 0.435. The molecule has 4 rings (SSSR count). The lowest BCUT2D eigenvalue weighted by molar-refractivity contribution is 0.100. The van der Waals surface area contributed by atoms with Gasteiger partial charge in [-0.25, -0.2) is 4.98 Å². The van der Waals surface area contributed by atoms with Crippen molar-refractivity contribution in [1.82, 2.24) is 4.98 Å². The van der Waals surface area contributed by atoms with Crippen LogP contribution in [0, 0.1) is 11.3 Å². The van der Waals surface area contributed by atoms with Crippen LogP contribution in [0.2, 0.25) is 0 Å². The number of nitrogens with one attached hydrogen (secondary N) is 2. The van der Waals surface area contributed by atoms with E-state index in [0.717, 1.165) is 63.4 Å². The van der Waals surface area contributed by atoms with Crippen molar-refractivity contribution in [2.45, 2.75) is 37.8 Å². The topological polar surface area (TPSA) is 142 Å². The Balaban J connectivity index is 1.58. The third-order valence-electron chi connectivity index (χ3n) is 6.06. The Morgan fingerprint density at radius 1 is 1.16 bits per heavy atom. The Bertz CT molecular complexity index is 997. The molecule has 1 aromatic heterocycles. The summed E-state index contributed by atoms with van der Waals surface area (Å²) in [4.78, 5) is 18.9. The second-order valence-corrected chi connectivity index (χ2v) is 8.23. The van der Waals surface area contributed by atoms with Crippen LogP contribution in [0.4, 0.5) is 23.0 Å². The number of nitriles is 1. The van der Waals surface area contributed by atoms with Gasteiger partial charge in [0, 0.05) is 36.5 Å². The highest BCUT2D eigenvalue weighted by molar-refractivity contribution is 5.99. The van der Waals surface area contributed by atoms with Gasteiger partial charge in [-0.15, -0.1) is 0 Å². The van der Waals surface area contributed by atoms with E-state index < -0.39 is 5.91 Å². The second-order valence-electron chi connectivity index (χ2n) is 8.23. The largest absolute Gasteiger partial charge is 0.378 e. The summed E-state index contributed by atoms with van der Waals surface area (Å²) in [5.41, 5.74) is 14.1. The average Bonchev–Trinajstić information content (AvgIpc) is 2.81. The number of aromatic nitrogens is 1. The van der Waals surface area contributed by atoms with E-state index in [1.807, 2.05) is 24.3 Å². The second kappa shape index (κ2) is 9.85. The number of hydrogen-bond acceptors (Lipinski definition) is 8. The minimum atomic E-state index is -0.651. The number of nitrogens with zero attached hydrogens (tertiary/aromatic N) is 3. The number of ether oxygens (including phenoxy) is 1. The summed E-state index contributed by atoms with van der Waals surface area (Å²) >= 11 is 0. The average molecular weight is 436 g/mol. The van der Waals surface area contributed by atoms with Crippen molar-refractivity contribution in [2.24, 2.45) is 11.5 Å². The van der Waals surface area contributed by atoms with Crippen molar-refractivity contribution in [2.75, 3.05) is 41.8 Å². The molecule has 0 spiro atoms. The highest BCUT2D eigenvalue weighted by Crippen LogP contribution is 2.28. The standard InChI is InChI=1S/C23H29N7O2/c24-14-15-13-18(21(26)31)23(29-22(15)28-20-4-2-1-3-19(20)25)27-16-5-7-17(8-6-16)30-9-11-32-12-10-30/h5-8,13,19-20H,1-4,9-12,25H2,(H2,26,31)(H2,27,28,29)/t19-,20+/m0/s1. The number of morpholine rings is 1. The van der Waals surface area contributed by atoms with Crippen LogP contribution in [0.15, 0.2) is 30.3 Å². The number of carbonyl (C=O) groups excluding carboxylic acids is 1. The van der Waals surface area contributed by atoms with Crippen molar-refractivity contribution in [1.29, 1.82) is 5.26 Å². The van der Waals surface area contributed by atoms with Crippen LogP contribution in [0.3, 0.4) is 0 Å². The maximum atomic E-state index is 12.1. The minimum absolute atomic E-state index is 0.00273. The van der Waals surface area contributed by atoms with Gasteiger partial charge in [0.1, 0.15) is 17.7 Å². The first-order valence-corrected chi connectivity index (χ1v) is 11.0. The molecule has 6 N–H and O–H groups in total. The zero-order chi connectivity index (χ0) is 22.5. The van der Waals surface area contributed by atoms with Gasteiger partial charge in [0.2, 0.25) is 0 Å². The third kappa shape index (κ3) is 4.93. The summed E-state index contributed by atoms with van der Waals surface area (Å²) in [6.07, 6.45) is 4.02. The third-order valence-corrected chi connectivity index (χ3v) is 6.06. The van der Waals surface area contributed by atoms with E-state index in [0.29, 0.717) is 11.6 Å². The number of anilines is 4. The van der Waals surface area contributed by atoms with E-state index >= 15 is 0 Å². The normalized spacial score (nSPS) is 20.9. The first-order valence-electron chi connectivity index (χ1n) is 11.0. The van der Waals surface area contributed by atoms with Crippen molar-refractivity contribution in [3.8, 4) is 6.07 Å². The highest BCUT2D eigenvalue weighted by Gasteiger charge is 2.24. The molecular weight excluding hydrogens is 406 g/mol. The first kappa shape index (κ1) is 21.9. The number of primary amides is 1. The monoisotopic (exact) mass is 435 g/mol. The molecule has 1 saturated carbocycles. The van der Waals surface area contributed by atoms with Gasteiger partial charge in [-0.3, -0.25) is 4.79 Å². The van der Waals surface area contributed by atoms with E-state index in [2.05, 4.69) is 26.6 Å². The molecule has 2 atom stereocenters. The summed E-state index contributed by atoms with van der Waals surface area (Å²) in [6.45, 7) is 3.15. The number of pyridine rings is 1. The van der Waals surface area contributed by atoms with Gasteiger partial charge in [0.25, 0.3) is 5.91 Å². The molecule has 0 radical (unpaired) electrons. The highest BCUT2D eigenvalue weighted by atomic mass is 16.5. The van der Waals surface area contributed by atoms with Gasteiger partial charge >= 0.3 is 0 Å². The maximum absolute atomic E-state index is 12.1. The fourth-order valence-corrected chi connectivity index (χ4v) is 4.22. The number of carbonyl (C=O) groups is 1. The Morgan fingerprint density at radius 2 is 1.88 bits per heavy atom. The van der Waals surface area contributed by atoms with E-state index in [1.54, 1.807) is 0 Å². The lowest BCUT2D eigenvalue weighted by Gasteiger charge is -2.30. The van der Waals surface area contributed by atoms with E-state index in [9.17, 15) is 10.1 Å². The molecule has 168 valence electrons. The molecule has 0 unspecified atom stereocenters.